The third-order valence-electron chi connectivity index (χ3n) is 4.07. The van der Waals surface area contributed by atoms with Crippen molar-refractivity contribution in [2.45, 2.75) is 12.3 Å². The van der Waals surface area contributed by atoms with E-state index in [0.717, 1.165) is 27.8 Å². The number of aliphatic imine (C=N–C) groups is 1. The van der Waals surface area contributed by atoms with E-state index in [9.17, 15) is 5.11 Å². The van der Waals surface area contributed by atoms with E-state index in [2.05, 4.69) is 9.98 Å². The van der Waals surface area contributed by atoms with Gasteiger partial charge >= 0.3 is 0 Å². The highest BCUT2D eigenvalue weighted by Crippen LogP contribution is 2.35. The molecule has 0 radical (unpaired) electrons. The van der Waals surface area contributed by atoms with E-state index in [-0.39, 0.29) is 11.8 Å². The van der Waals surface area contributed by atoms with Gasteiger partial charge in [-0.2, -0.15) is 6.20 Å². The maximum absolute atomic E-state index is 12.0. The third kappa shape index (κ3) is 3.06. The molecule has 1 unspecified atom stereocenters. The highest BCUT2D eigenvalue weighted by molar-refractivity contribution is 5.80. The van der Waals surface area contributed by atoms with Gasteiger partial charge in [-0.25, -0.2) is 0 Å². The Kier molecular flexibility index (Phi) is 4.33. The molecule has 1 heterocycles. The number of ether oxygens (including phenoxy) is 1. The zero-order valence-electron chi connectivity index (χ0n) is 13.2. The van der Waals surface area contributed by atoms with Gasteiger partial charge in [-0.05, 0) is 29.3 Å². The summed E-state index contributed by atoms with van der Waals surface area (Å²) in [7, 11) is 3.17. The minimum Gasteiger partial charge on any atom is -0.862 e. The Hall–Kier alpha value is -2.75. The molecule has 1 aromatic heterocycles. The number of fused-ring (bicyclic) bond motifs is 1. The van der Waals surface area contributed by atoms with Crippen molar-refractivity contribution in [2.24, 2.45) is 4.99 Å². The number of hydrogen-bond acceptors (Lipinski definition) is 3. The molecule has 23 heavy (non-hydrogen) atoms. The van der Waals surface area contributed by atoms with Crippen molar-refractivity contribution in [3.8, 4) is 5.75 Å². The van der Waals surface area contributed by atoms with Crippen LogP contribution in [0.15, 0.2) is 59.7 Å². The number of para-hydroxylation sites is 1. The second-order valence-corrected chi connectivity index (χ2v) is 5.38. The minimum atomic E-state index is -0.128. The summed E-state index contributed by atoms with van der Waals surface area (Å²) < 4.78 is 5.48. The Morgan fingerprint density at radius 3 is 2.83 bits per heavy atom. The zero-order chi connectivity index (χ0) is 16.2. The highest BCUT2D eigenvalue weighted by atomic mass is 16.5. The average molecular weight is 306 g/mol. The van der Waals surface area contributed by atoms with Crippen molar-refractivity contribution in [3.63, 3.8) is 0 Å². The largest absolute Gasteiger partial charge is 0.862 e. The first-order valence-corrected chi connectivity index (χ1v) is 7.50. The molecular weight excluding hydrogens is 288 g/mol. The minimum absolute atomic E-state index is 0.108. The molecule has 2 aromatic carbocycles. The van der Waals surface area contributed by atoms with Gasteiger partial charge in [0.05, 0.1) is 7.11 Å². The molecule has 4 heteroatoms. The Morgan fingerprint density at radius 1 is 1.22 bits per heavy atom. The van der Waals surface area contributed by atoms with Gasteiger partial charge in [0.2, 0.25) is 0 Å². The summed E-state index contributed by atoms with van der Waals surface area (Å²) in [5, 5.41) is 13.1. The van der Waals surface area contributed by atoms with Crippen molar-refractivity contribution >= 4 is 16.8 Å². The van der Waals surface area contributed by atoms with E-state index in [1.165, 1.54) is 7.05 Å². The van der Waals surface area contributed by atoms with Crippen molar-refractivity contribution < 1.29 is 9.84 Å². The molecule has 1 atom stereocenters. The Bertz CT molecular complexity index is 836. The molecule has 0 aliphatic rings. The normalized spacial score (nSPS) is 13.2. The molecule has 0 aliphatic carbocycles. The molecule has 3 aromatic rings. The van der Waals surface area contributed by atoms with Gasteiger partial charge in [-0.3, -0.25) is 0 Å². The Labute approximate surface area is 135 Å². The lowest BCUT2D eigenvalue weighted by Crippen LogP contribution is -2.21. The highest BCUT2D eigenvalue weighted by Gasteiger charge is 2.18. The Balaban J connectivity index is 2.10. The summed E-state index contributed by atoms with van der Waals surface area (Å²) in [6.45, 7) is 0. The molecule has 0 saturated heterocycles. The van der Waals surface area contributed by atoms with Crippen LogP contribution in [0, 0.1) is 0 Å². The molecule has 4 nitrogen and oxygen atoms in total. The Morgan fingerprint density at radius 2 is 2.04 bits per heavy atom. The fraction of sp³-hybridized carbons (Fsp3) is 0.211. The quantitative estimate of drug-likeness (QED) is 0.538. The van der Waals surface area contributed by atoms with E-state index >= 15 is 0 Å². The molecule has 3 rings (SSSR count). The fourth-order valence-electron chi connectivity index (χ4n) is 2.86. The fourth-order valence-corrected chi connectivity index (χ4v) is 2.86. The summed E-state index contributed by atoms with van der Waals surface area (Å²) in [6, 6.07) is 15.9. The monoisotopic (exact) mass is 306 g/mol. The number of methoxy groups -OCH3 is 1. The molecule has 0 bridgehead atoms. The van der Waals surface area contributed by atoms with Crippen LogP contribution in [-0.2, 0) is 0 Å². The first-order chi connectivity index (χ1) is 11.2. The molecule has 118 valence electrons. The molecule has 0 aliphatic heterocycles. The van der Waals surface area contributed by atoms with Crippen LogP contribution < -0.4 is 14.8 Å². The van der Waals surface area contributed by atoms with E-state index in [1.54, 1.807) is 13.3 Å². The number of hydrogen-bond donors (Lipinski definition) is 0. The number of nitrogens with zero attached hydrogens (tertiary/aromatic N) is 2. The molecule has 0 spiro atoms. The molecule has 0 saturated carbocycles. The van der Waals surface area contributed by atoms with Crippen LogP contribution in [0.5, 0.6) is 5.75 Å². The predicted molar refractivity (Wildman–Crippen MR) is 90.1 cm³/mol. The van der Waals surface area contributed by atoms with Gasteiger partial charge in [0.1, 0.15) is 5.75 Å². The first kappa shape index (κ1) is 15.2. The molecule has 0 fully saturated rings. The van der Waals surface area contributed by atoms with Crippen molar-refractivity contribution in [1.82, 2.24) is 4.98 Å². The smallest absolute Gasteiger partial charge is 0.122 e. The van der Waals surface area contributed by atoms with Gasteiger partial charge in [0, 0.05) is 18.5 Å². The standard InChI is InChI=1S/C19H19N2O2/c1-20-19(22)12-16(15-5-3-4-6-18(15)23-2)14-8-7-13-9-10-21-17(13)11-14/h3-11,16H,12H2,1-2H3,(H,20,22)/q-1/p-1. The van der Waals surface area contributed by atoms with Crippen LogP contribution in [0.1, 0.15) is 23.5 Å². The summed E-state index contributed by atoms with van der Waals surface area (Å²) in [6.07, 6.45) is 2.10. The van der Waals surface area contributed by atoms with Gasteiger partial charge in [0.15, 0.2) is 0 Å². The van der Waals surface area contributed by atoms with Crippen molar-refractivity contribution in [3.05, 3.63) is 65.9 Å². The second-order valence-electron chi connectivity index (χ2n) is 5.38. The van der Waals surface area contributed by atoms with Crippen molar-refractivity contribution in [1.29, 1.82) is 0 Å². The lowest BCUT2D eigenvalue weighted by atomic mass is 9.87. The van der Waals surface area contributed by atoms with Gasteiger partial charge in [-0.1, -0.05) is 42.5 Å². The summed E-state index contributed by atoms with van der Waals surface area (Å²) >= 11 is 0. The average Bonchev–Trinajstić information content (AvgIpc) is 3.07. The first-order valence-electron chi connectivity index (χ1n) is 7.50. The van der Waals surface area contributed by atoms with E-state index < -0.39 is 0 Å². The maximum atomic E-state index is 12.0. The van der Waals surface area contributed by atoms with Gasteiger partial charge in [0.25, 0.3) is 0 Å². The maximum Gasteiger partial charge on any atom is 0.122 e. The molecule has 0 N–H and O–H groups in total. The van der Waals surface area contributed by atoms with Gasteiger partial charge in [-0.15, -0.1) is 5.52 Å². The number of benzene rings is 2. The zero-order valence-corrected chi connectivity index (χ0v) is 13.2. The van der Waals surface area contributed by atoms with Crippen LogP contribution in [-0.4, -0.2) is 20.1 Å². The predicted octanol–water partition coefficient (Wildman–Crippen LogP) is 2.72. The second kappa shape index (κ2) is 6.57. The van der Waals surface area contributed by atoms with Crippen LogP contribution in [0.2, 0.25) is 0 Å². The summed E-state index contributed by atoms with van der Waals surface area (Å²) in [5.41, 5.74) is 2.96. The molecule has 0 amide bonds. The van der Waals surface area contributed by atoms with Crippen LogP contribution >= 0.6 is 0 Å². The van der Waals surface area contributed by atoms with Crippen LogP contribution in [0.3, 0.4) is 0 Å². The topological polar surface area (TPSA) is 58.8 Å². The summed E-state index contributed by atoms with van der Waals surface area (Å²) in [5.74, 6) is 0.539. The summed E-state index contributed by atoms with van der Waals surface area (Å²) in [4.78, 5) is 8.15. The number of aromatic nitrogens is 1. The van der Waals surface area contributed by atoms with E-state index in [4.69, 9.17) is 4.74 Å². The third-order valence-corrected chi connectivity index (χ3v) is 4.07. The van der Waals surface area contributed by atoms with Crippen LogP contribution in [0.4, 0.5) is 0 Å². The lowest BCUT2D eigenvalue weighted by Gasteiger charge is -2.24. The molecular formula is C19H18N2O2-2. The van der Waals surface area contributed by atoms with E-state index in [1.807, 2.05) is 48.5 Å². The lowest BCUT2D eigenvalue weighted by molar-refractivity contribution is -0.219. The van der Waals surface area contributed by atoms with Gasteiger partial charge < -0.3 is 19.8 Å². The van der Waals surface area contributed by atoms with Crippen LogP contribution in [0.25, 0.3) is 10.9 Å². The SMILES string of the molecule is CN=C([O-])CC(c1ccc2cc[n-]c2c1)c1ccccc1OC. The number of rotatable bonds is 5. The van der Waals surface area contributed by atoms with E-state index in [0.29, 0.717) is 6.42 Å². The van der Waals surface area contributed by atoms with Crippen molar-refractivity contribution in [2.75, 3.05) is 14.2 Å².